The Hall–Kier alpha value is -2.73. The summed E-state index contributed by atoms with van der Waals surface area (Å²) in [6, 6.07) is 13.4. The maximum absolute atomic E-state index is 11.9. The Morgan fingerprint density at radius 1 is 1.04 bits per heavy atom. The molecule has 0 aromatic heterocycles. The van der Waals surface area contributed by atoms with Gasteiger partial charge in [0, 0.05) is 31.6 Å². The molecule has 144 valence electrons. The molecule has 1 heterocycles. The Balaban J connectivity index is 1.84. The largest absolute Gasteiger partial charge is 0.497 e. The number of aliphatic carboxylic acids is 1. The van der Waals surface area contributed by atoms with Crippen molar-refractivity contribution in [2.45, 2.75) is 12.5 Å². The van der Waals surface area contributed by atoms with Gasteiger partial charge in [0.25, 0.3) is 0 Å². The quantitative estimate of drug-likeness (QED) is 0.807. The first-order valence-electron chi connectivity index (χ1n) is 8.85. The van der Waals surface area contributed by atoms with Crippen molar-refractivity contribution in [2.24, 2.45) is 5.92 Å². The molecule has 0 bridgehead atoms. The summed E-state index contributed by atoms with van der Waals surface area (Å²) >= 11 is 0. The molecule has 1 aliphatic heterocycles. The monoisotopic (exact) mass is 371 g/mol. The second-order valence-electron chi connectivity index (χ2n) is 6.71. The lowest BCUT2D eigenvalue weighted by Crippen LogP contribution is -2.23. The van der Waals surface area contributed by atoms with Crippen LogP contribution in [0.25, 0.3) is 0 Å². The number of methoxy groups -OCH3 is 3. The van der Waals surface area contributed by atoms with Crippen molar-refractivity contribution in [2.75, 3.05) is 34.4 Å². The number of ether oxygens (including phenoxy) is 3. The van der Waals surface area contributed by atoms with E-state index in [2.05, 4.69) is 4.90 Å². The Labute approximate surface area is 159 Å². The summed E-state index contributed by atoms with van der Waals surface area (Å²) in [6.45, 7) is 1.76. The summed E-state index contributed by atoms with van der Waals surface area (Å²) in [6.07, 6.45) is 0. The highest BCUT2D eigenvalue weighted by molar-refractivity contribution is 5.72. The van der Waals surface area contributed by atoms with E-state index in [0.29, 0.717) is 19.6 Å². The van der Waals surface area contributed by atoms with E-state index >= 15 is 0 Å². The molecule has 0 aliphatic carbocycles. The lowest BCUT2D eigenvalue weighted by atomic mass is 9.88. The van der Waals surface area contributed by atoms with Crippen molar-refractivity contribution in [3.05, 3.63) is 53.6 Å². The first-order valence-corrected chi connectivity index (χ1v) is 8.85. The average molecular weight is 371 g/mol. The number of benzene rings is 2. The number of hydrogen-bond donors (Lipinski definition) is 1. The summed E-state index contributed by atoms with van der Waals surface area (Å²) in [5.41, 5.74) is 1.97. The van der Waals surface area contributed by atoms with Crippen LogP contribution in [0, 0.1) is 5.92 Å². The summed E-state index contributed by atoms with van der Waals surface area (Å²) in [5.74, 6) is 0.800. The fourth-order valence-electron chi connectivity index (χ4n) is 3.77. The molecule has 2 aromatic carbocycles. The van der Waals surface area contributed by atoms with Gasteiger partial charge in [-0.05, 0) is 29.3 Å². The molecule has 27 heavy (non-hydrogen) atoms. The standard InChI is InChI=1S/C21H25NO5/c1-25-15-8-14(9-16(10-15)26-2)11-22-12-18(19(13-22)21(23)24)17-6-4-5-7-20(17)27-3/h4-10,18-19H,11-13H2,1-3H3,(H,23,24)/t18-,19+/m1/s1. The average Bonchev–Trinajstić information content (AvgIpc) is 3.11. The van der Waals surface area contributed by atoms with E-state index in [-0.39, 0.29) is 5.92 Å². The minimum absolute atomic E-state index is 0.119. The maximum atomic E-state index is 11.9. The molecule has 0 unspecified atom stereocenters. The summed E-state index contributed by atoms with van der Waals surface area (Å²) in [5, 5.41) is 9.75. The van der Waals surface area contributed by atoms with E-state index in [1.54, 1.807) is 21.3 Å². The van der Waals surface area contributed by atoms with Crippen LogP contribution in [0.5, 0.6) is 17.2 Å². The Morgan fingerprint density at radius 3 is 2.30 bits per heavy atom. The van der Waals surface area contributed by atoms with Crippen molar-refractivity contribution < 1.29 is 24.1 Å². The molecule has 1 fully saturated rings. The molecule has 3 rings (SSSR count). The molecule has 0 spiro atoms. The van der Waals surface area contributed by atoms with E-state index in [1.165, 1.54) is 0 Å². The number of carboxylic acid groups (broad SMARTS) is 1. The van der Waals surface area contributed by atoms with Gasteiger partial charge in [-0.2, -0.15) is 0 Å². The lowest BCUT2D eigenvalue weighted by molar-refractivity contribution is -0.141. The van der Waals surface area contributed by atoms with E-state index < -0.39 is 11.9 Å². The number of hydrogen-bond acceptors (Lipinski definition) is 5. The van der Waals surface area contributed by atoms with Crippen LogP contribution in [-0.4, -0.2) is 50.4 Å². The lowest BCUT2D eigenvalue weighted by Gasteiger charge is -2.19. The second-order valence-corrected chi connectivity index (χ2v) is 6.71. The molecule has 0 saturated carbocycles. The third-order valence-corrected chi connectivity index (χ3v) is 5.07. The van der Waals surface area contributed by atoms with Gasteiger partial charge in [-0.25, -0.2) is 0 Å². The number of likely N-dealkylation sites (tertiary alicyclic amines) is 1. The molecule has 2 atom stereocenters. The van der Waals surface area contributed by atoms with Crippen LogP contribution in [0.2, 0.25) is 0 Å². The maximum Gasteiger partial charge on any atom is 0.308 e. The van der Waals surface area contributed by atoms with Gasteiger partial charge < -0.3 is 19.3 Å². The normalized spacial score (nSPS) is 19.7. The van der Waals surface area contributed by atoms with E-state index in [9.17, 15) is 9.90 Å². The summed E-state index contributed by atoms with van der Waals surface area (Å²) in [4.78, 5) is 14.0. The Morgan fingerprint density at radius 2 is 1.70 bits per heavy atom. The Kier molecular flexibility index (Phi) is 5.86. The van der Waals surface area contributed by atoms with Crippen LogP contribution in [-0.2, 0) is 11.3 Å². The van der Waals surface area contributed by atoms with Gasteiger partial charge in [-0.1, -0.05) is 18.2 Å². The van der Waals surface area contributed by atoms with Gasteiger partial charge in [-0.15, -0.1) is 0 Å². The van der Waals surface area contributed by atoms with Crippen LogP contribution in [0.3, 0.4) is 0 Å². The molecule has 2 aromatic rings. The van der Waals surface area contributed by atoms with Crippen molar-refractivity contribution in [1.29, 1.82) is 0 Å². The van der Waals surface area contributed by atoms with Gasteiger partial charge in [-0.3, -0.25) is 9.69 Å². The van der Waals surface area contributed by atoms with Gasteiger partial charge in [0.1, 0.15) is 17.2 Å². The van der Waals surface area contributed by atoms with Crippen LogP contribution in [0.1, 0.15) is 17.0 Å². The second kappa shape index (κ2) is 8.31. The fourth-order valence-corrected chi connectivity index (χ4v) is 3.77. The minimum Gasteiger partial charge on any atom is -0.497 e. The van der Waals surface area contributed by atoms with Crippen molar-refractivity contribution >= 4 is 5.97 Å². The van der Waals surface area contributed by atoms with Gasteiger partial charge in [0.05, 0.1) is 27.2 Å². The third-order valence-electron chi connectivity index (χ3n) is 5.07. The third kappa shape index (κ3) is 4.17. The molecule has 0 radical (unpaired) electrons. The predicted molar refractivity (Wildman–Crippen MR) is 102 cm³/mol. The summed E-state index contributed by atoms with van der Waals surface area (Å²) < 4.78 is 16.1. The highest BCUT2D eigenvalue weighted by Gasteiger charge is 2.39. The zero-order valence-electron chi connectivity index (χ0n) is 15.8. The van der Waals surface area contributed by atoms with E-state index in [1.807, 2.05) is 42.5 Å². The zero-order valence-corrected chi connectivity index (χ0v) is 15.8. The predicted octanol–water partition coefficient (Wildman–Crippen LogP) is 3.01. The molecule has 1 saturated heterocycles. The first-order chi connectivity index (χ1) is 13.0. The number of nitrogens with zero attached hydrogens (tertiary/aromatic N) is 1. The number of carbonyl (C=O) groups is 1. The zero-order chi connectivity index (χ0) is 19.4. The van der Waals surface area contributed by atoms with Crippen molar-refractivity contribution in [1.82, 2.24) is 4.90 Å². The molecule has 6 nitrogen and oxygen atoms in total. The summed E-state index contributed by atoms with van der Waals surface area (Å²) in [7, 11) is 4.85. The highest BCUT2D eigenvalue weighted by atomic mass is 16.5. The van der Waals surface area contributed by atoms with Crippen LogP contribution in [0.4, 0.5) is 0 Å². The highest BCUT2D eigenvalue weighted by Crippen LogP contribution is 2.38. The molecule has 1 aliphatic rings. The van der Waals surface area contributed by atoms with Crippen LogP contribution < -0.4 is 14.2 Å². The number of para-hydroxylation sites is 1. The van der Waals surface area contributed by atoms with Crippen LogP contribution in [0.15, 0.2) is 42.5 Å². The fraction of sp³-hybridized carbons (Fsp3) is 0.381. The van der Waals surface area contributed by atoms with E-state index in [4.69, 9.17) is 14.2 Å². The van der Waals surface area contributed by atoms with Gasteiger partial charge >= 0.3 is 5.97 Å². The Bertz CT molecular complexity index is 785. The molecule has 6 heteroatoms. The molecular weight excluding hydrogens is 346 g/mol. The number of rotatable bonds is 7. The van der Waals surface area contributed by atoms with Crippen molar-refractivity contribution in [3.8, 4) is 17.2 Å². The van der Waals surface area contributed by atoms with Gasteiger partial charge in [0.2, 0.25) is 0 Å². The number of carboxylic acids is 1. The SMILES string of the molecule is COc1cc(CN2C[C@H](C(=O)O)[C@@H](c3ccccc3OC)C2)cc(OC)c1. The van der Waals surface area contributed by atoms with Gasteiger partial charge in [0.15, 0.2) is 0 Å². The topological polar surface area (TPSA) is 68.2 Å². The molecular formula is C21H25NO5. The minimum atomic E-state index is -0.781. The van der Waals surface area contributed by atoms with E-state index in [0.717, 1.165) is 28.4 Å². The van der Waals surface area contributed by atoms with Crippen molar-refractivity contribution in [3.63, 3.8) is 0 Å². The smallest absolute Gasteiger partial charge is 0.308 e. The molecule has 0 amide bonds. The molecule has 1 N–H and O–H groups in total. The van der Waals surface area contributed by atoms with Crippen LogP contribution >= 0.6 is 0 Å². The first kappa shape index (κ1) is 19.0.